The number of carbonyl (C=O) groups is 1. The van der Waals surface area contributed by atoms with Crippen LogP contribution in [0, 0.1) is 26.6 Å². The highest BCUT2D eigenvalue weighted by atomic mass is 19.1. The Balaban J connectivity index is 1.23. The Labute approximate surface area is 196 Å². The van der Waals surface area contributed by atoms with Crippen LogP contribution in [0.3, 0.4) is 0 Å². The summed E-state index contributed by atoms with van der Waals surface area (Å²) in [7, 11) is 0. The van der Waals surface area contributed by atoms with Gasteiger partial charge in [-0.15, -0.1) is 15.3 Å². The molecule has 1 aromatic carbocycles. The van der Waals surface area contributed by atoms with Gasteiger partial charge in [0.2, 0.25) is 5.91 Å². The Morgan fingerprint density at radius 2 is 1.68 bits per heavy atom. The predicted octanol–water partition coefficient (Wildman–Crippen LogP) is 2.66. The van der Waals surface area contributed by atoms with Gasteiger partial charge < -0.3 is 9.80 Å². The van der Waals surface area contributed by atoms with E-state index in [2.05, 4.69) is 25.3 Å². The highest BCUT2D eigenvalue weighted by Crippen LogP contribution is 2.21. The highest BCUT2D eigenvalue weighted by molar-refractivity contribution is 5.77. The third-order valence-corrected chi connectivity index (χ3v) is 6.48. The summed E-state index contributed by atoms with van der Waals surface area (Å²) in [6, 6.07) is 10.3. The van der Waals surface area contributed by atoms with Crippen molar-refractivity contribution < 1.29 is 9.18 Å². The first-order valence-corrected chi connectivity index (χ1v) is 11.4. The van der Waals surface area contributed by atoms with Crippen LogP contribution in [0.4, 0.5) is 10.1 Å². The monoisotopic (exact) mass is 462 g/mol. The summed E-state index contributed by atoms with van der Waals surface area (Å²) in [5.41, 5.74) is 4.62. The molecule has 3 aromatic heterocycles. The van der Waals surface area contributed by atoms with Crippen molar-refractivity contribution in [3.63, 3.8) is 0 Å². The van der Waals surface area contributed by atoms with E-state index in [1.165, 1.54) is 12.1 Å². The van der Waals surface area contributed by atoms with E-state index in [9.17, 15) is 9.18 Å². The fraction of sp³-hybridized carbons (Fsp3) is 0.375. The first kappa shape index (κ1) is 22.0. The smallest absolute Gasteiger partial charge is 0.223 e. The quantitative estimate of drug-likeness (QED) is 0.453. The van der Waals surface area contributed by atoms with Crippen LogP contribution in [0.5, 0.6) is 0 Å². The lowest BCUT2D eigenvalue weighted by molar-refractivity contribution is -0.131. The zero-order chi connectivity index (χ0) is 23.8. The molecule has 10 heteroatoms. The van der Waals surface area contributed by atoms with Crippen LogP contribution in [0.15, 0.2) is 36.4 Å². The molecule has 1 aliphatic rings. The van der Waals surface area contributed by atoms with Gasteiger partial charge >= 0.3 is 0 Å². The molecule has 1 fully saturated rings. The average Bonchev–Trinajstić information content (AvgIpc) is 3.36. The molecular formula is C24H27FN8O. The summed E-state index contributed by atoms with van der Waals surface area (Å²) in [5.74, 6) is 1.30. The number of aryl methyl sites for hydroxylation is 2. The van der Waals surface area contributed by atoms with Crippen molar-refractivity contribution in [3.05, 3.63) is 65.0 Å². The molecule has 1 saturated heterocycles. The van der Waals surface area contributed by atoms with Crippen molar-refractivity contribution in [2.75, 3.05) is 31.1 Å². The van der Waals surface area contributed by atoms with Crippen LogP contribution >= 0.6 is 0 Å². The fourth-order valence-corrected chi connectivity index (χ4v) is 4.52. The molecule has 9 nitrogen and oxygen atoms in total. The van der Waals surface area contributed by atoms with Crippen molar-refractivity contribution >= 4 is 17.2 Å². The molecule has 4 heterocycles. The SMILES string of the molecule is Cc1nn(-c2ccc3nnc(C)n3n2)c(C)c1CCC(=O)N1CCN(c2ccc(F)cc2)CC1. The lowest BCUT2D eigenvalue weighted by Crippen LogP contribution is -2.48. The van der Waals surface area contributed by atoms with Gasteiger partial charge in [-0.3, -0.25) is 4.79 Å². The molecule has 1 aliphatic heterocycles. The van der Waals surface area contributed by atoms with Crippen molar-refractivity contribution in [3.8, 4) is 5.82 Å². The van der Waals surface area contributed by atoms with Gasteiger partial charge in [0.05, 0.1) is 5.69 Å². The van der Waals surface area contributed by atoms with Gasteiger partial charge in [-0.05, 0) is 69.2 Å². The van der Waals surface area contributed by atoms with Gasteiger partial charge in [-0.2, -0.15) is 9.61 Å². The molecule has 0 saturated carbocycles. The number of aromatic nitrogens is 6. The standard InChI is InChI=1S/C24H27FN8O/c1-16-21(17(2)32(28-16)23-10-9-22-27-26-18(3)33(22)29-23)8-11-24(34)31-14-12-30(13-15-31)20-6-4-19(25)5-7-20/h4-7,9-10H,8,11-15H2,1-3H3. The van der Waals surface area contributed by atoms with Gasteiger partial charge in [-0.1, -0.05) is 0 Å². The number of halogens is 1. The second kappa shape index (κ2) is 8.85. The number of benzene rings is 1. The van der Waals surface area contributed by atoms with Crippen molar-refractivity contribution in [1.82, 2.24) is 34.5 Å². The first-order valence-electron chi connectivity index (χ1n) is 11.4. The van der Waals surface area contributed by atoms with E-state index in [4.69, 9.17) is 0 Å². The zero-order valence-electron chi connectivity index (χ0n) is 19.6. The Morgan fingerprint density at radius 3 is 2.41 bits per heavy atom. The van der Waals surface area contributed by atoms with E-state index < -0.39 is 0 Å². The minimum atomic E-state index is -0.239. The number of carbonyl (C=O) groups excluding carboxylic acids is 1. The molecule has 0 N–H and O–H groups in total. The Hall–Kier alpha value is -3.82. The molecule has 0 bridgehead atoms. The van der Waals surface area contributed by atoms with Crippen LogP contribution in [0.1, 0.15) is 29.2 Å². The van der Waals surface area contributed by atoms with Crippen LogP contribution in [0.2, 0.25) is 0 Å². The maximum atomic E-state index is 13.2. The number of hydrogen-bond donors (Lipinski definition) is 0. The lowest BCUT2D eigenvalue weighted by Gasteiger charge is -2.36. The topological polar surface area (TPSA) is 84.4 Å². The molecule has 34 heavy (non-hydrogen) atoms. The maximum Gasteiger partial charge on any atom is 0.223 e. The number of amides is 1. The third-order valence-electron chi connectivity index (χ3n) is 6.48. The van der Waals surface area contributed by atoms with E-state index in [-0.39, 0.29) is 11.7 Å². The van der Waals surface area contributed by atoms with Crippen molar-refractivity contribution in [2.45, 2.75) is 33.6 Å². The number of fused-ring (bicyclic) bond motifs is 1. The van der Waals surface area contributed by atoms with E-state index in [1.807, 2.05) is 42.5 Å². The van der Waals surface area contributed by atoms with Gasteiger partial charge in [0.15, 0.2) is 17.3 Å². The van der Waals surface area contributed by atoms with Gasteiger partial charge in [-0.25, -0.2) is 9.07 Å². The number of hydrogen-bond acceptors (Lipinski definition) is 6. The number of nitrogens with zero attached hydrogens (tertiary/aromatic N) is 8. The minimum absolute atomic E-state index is 0.143. The number of piperazine rings is 1. The normalized spacial score (nSPS) is 14.2. The molecule has 4 aromatic rings. The Kier molecular flexibility index (Phi) is 5.72. The average molecular weight is 463 g/mol. The number of anilines is 1. The summed E-state index contributed by atoms with van der Waals surface area (Å²) in [4.78, 5) is 17.0. The second-order valence-corrected chi connectivity index (χ2v) is 8.61. The predicted molar refractivity (Wildman–Crippen MR) is 126 cm³/mol. The van der Waals surface area contributed by atoms with E-state index in [0.717, 1.165) is 35.7 Å². The van der Waals surface area contributed by atoms with Crippen molar-refractivity contribution in [1.29, 1.82) is 0 Å². The molecule has 5 rings (SSSR count). The first-order chi connectivity index (χ1) is 16.4. The summed E-state index contributed by atoms with van der Waals surface area (Å²) in [5, 5.41) is 17.4. The number of rotatable bonds is 5. The van der Waals surface area contributed by atoms with Gasteiger partial charge in [0.25, 0.3) is 0 Å². The molecular weight excluding hydrogens is 435 g/mol. The van der Waals surface area contributed by atoms with Gasteiger partial charge in [0.1, 0.15) is 5.82 Å². The maximum absolute atomic E-state index is 13.2. The van der Waals surface area contributed by atoms with E-state index in [0.29, 0.717) is 43.2 Å². The third kappa shape index (κ3) is 4.11. The molecule has 1 amide bonds. The van der Waals surface area contributed by atoms with Crippen LogP contribution in [-0.2, 0) is 11.2 Å². The highest BCUT2D eigenvalue weighted by Gasteiger charge is 2.22. The molecule has 0 aliphatic carbocycles. The largest absolute Gasteiger partial charge is 0.368 e. The molecule has 0 spiro atoms. The summed E-state index contributed by atoms with van der Waals surface area (Å²) < 4.78 is 16.7. The fourth-order valence-electron chi connectivity index (χ4n) is 4.52. The van der Waals surface area contributed by atoms with E-state index >= 15 is 0 Å². The zero-order valence-corrected chi connectivity index (χ0v) is 19.6. The minimum Gasteiger partial charge on any atom is -0.368 e. The summed E-state index contributed by atoms with van der Waals surface area (Å²) in [6.45, 7) is 8.63. The molecule has 0 radical (unpaired) electrons. The molecule has 0 unspecified atom stereocenters. The Morgan fingerprint density at radius 1 is 0.941 bits per heavy atom. The molecule has 176 valence electrons. The lowest BCUT2D eigenvalue weighted by atomic mass is 10.1. The second-order valence-electron chi connectivity index (χ2n) is 8.61. The van der Waals surface area contributed by atoms with Crippen LogP contribution in [-0.4, -0.2) is 66.6 Å². The van der Waals surface area contributed by atoms with Crippen LogP contribution in [0.25, 0.3) is 11.5 Å². The van der Waals surface area contributed by atoms with E-state index in [1.54, 1.807) is 16.6 Å². The Bertz CT molecular complexity index is 1340. The van der Waals surface area contributed by atoms with Gasteiger partial charge in [0, 0.05) is 44.0 Å². The summed E-state index contributed by atoms with van der Waals surface area (Å²) in [6.07, 6.45) is 1.06. The van der Waals surface area contributed by atoms with Crippen LogP contribution < -0.4 is 4.90 Å². The molecule has 0 atom stereocenters. The summed E-state index contributed by atoms with van der Waals surface area (Å²) >= 11 is 0. The van der Waals surface area contributed by atoms with Crippen molar-refractivity contribution in [2.24, 2.45) is 0 Å².